The summed E-state index contributed by atoms with van der Waals surface area (Å²) in [6.07, 6.45) is 6.92. The van der Waals surface area contributed by atoms with Gasteiger partial charge < -0.3 is 19.7 Å². The highest BCUT2D eigenvalue weighted by Gasteiger charge is 2.68. The fraction of sp³-hybridized carbons (Fsp3) is 0.853. The highest BCUT2D eigenvalue weighted by molar-refractivity contribution is 5.91. The number of ketones is 2. The van der Waals surface area contributed by atoms with Crippen LogP contribution in [0, 0.1) is 51.2 Å². The molecule has 7 aliphatic rings. The van der Waals surface area contributed by atoms with E-state index >= 15 is 0 Å². The van der Waals surface area contributed by atoms with E-state index in [9.17, 15) is 24.6 Å². The Hall–Kier alpha value is -1.57. The molecule has 0 spiro atoms. The van der Waals surface area contributed by atoms with E-state index in [0.717, 1.165) is 57.8 Å². The van der Waals surface area contributed by atoms with Crippen LogP contribution in [0.1, 0.15) is 98.8 Å². The average molecular weight is 569 g/mol. The molecule has 226 valence electrons. The minimum atomic E-state index is -1.21. The molecular formula is C34H48O7. The summed E-state index contributed by atoms with van der Waals surface area (Å²) < 4.78 is 11.3. The van der Waals surface area contributed by atoms with Gasteiger partial charge in [-0.05, 0) is 98.2 Å². The fourth-order valence-corrected chi connectivity index (χ4v) is 11.8. The summed E-state index contributed by atoms with van der Waals surface area (Å²) in [6.45, 7) is 11.6. The van der Waals surface area contributed by atoms with Crippen molar-refractivity contribution < 1.29 is 34.1 Å². The lowest BCUT2D eigenvalue weighted by Crippen LogP contribution is -2.62. The van der Waals surface area contributed by atoms with Gasteiger partial charge in [0.15, 0.2) is 11.9 Å². The Morgan fingerprint density at radius 3 is 2.34 bits per heavy atom. The summed E-state index contributed by atoms with van der Waals surface area (Å²) in [6, 6.07) is 0. The molecule has 2 heterocycles. The van der Waals surface area contributed by atoms with E-state index in [1.807, 2.05) is 0 Å². The third kappa shape index (κ3) is 3.70. The maximum atomic E-state index is 14.5. The molecular weight excluding hydrogens is 520 g/mol. The van der Waals surface area contributed by atoms with Crippen LogP contribution in [0.5, 0.6) is 0 Å². The monoisotopic (exact) mass is 568 g/mol. The average Bonchev–Trinajstić information content (AvgIpc) is 3.72. The number of rotatable bonds is 3. The SMILES string of the molecule is CC1CCC2(C(=O)C3OC(C(=O)O)C4OC4C3O)CCC3C(=CCC4C3(C)CCC3C(C)(C)C(=O)CCC34C)C2C1. The summed E-state index contributed by atoms with van der Waals surface area (Å²) in [5, 5.41) is 20.8. The van der Waals surface area contributed by atoms with Gasteiger partial charge in [-0.25, -0.2) is 4.79 Å². The van der Waals surface area contributed by atoms with E-state index < -0.39 is 41.9 Å². The van der Waals surface area contributed by atoms with Crippen molar-refractivity contribution in [2.24, 2.45) is 51.2 Å². The van der Waals surface area contributed by atoms with Crippen molar-refractivity contribution in [2.75, 3.05) is 0 Å². The number of aliphatic hydroxyl groups is 1. The summed E-state index contributed by atoms with van der Waals surface area (Å²) in [5.41, 5.74) is 0.803. The number of carboxylic acid groups (broad SMARTS) is 1. The number of Topliss-reactive ketones (excluding diaryl/α,β-unsaturated/α-hetero) is 2. The number of aliphatic carboxylic acids is 1. The maximum absolute atomic E-state index is 14.5. The third-order valence-corrected chi connectivity index (χ3v) is 14.1. The molecule has 2 saturated heterocycles. The molecule has 13 atom stereocenters. The number of carbonyl (C=O) groups excluding carboxylic acids is 2. The van der Waals surface area contributed by atoms with Crippen molar-refractivity contribution in [3.63, 3.8) is 0 Å². The molecule has 7 heteroatoms. The molecule has 41 heavy (non-hydrogen) atoms. The molecule has 0 aromatic heterocycles. The van der Waals surface area contributed by atoms with Gasteiger partial charge in [0.2, 0.25) is 0 Å². The lowest BCUT2D eigenvalue weighted by atomic mass is 9.37. The number of fused-ring (bicyclic) bond motifs is 8. The second kappa shape index (κ2) is 8.98. The first kappa shape index (κ1) is 28.2. The number of hydrogen-bond acceptors (Lipinski definition) is 6. The zero-order valence-corrected chi connectivity index (χ0v) is 25.4. The van der Waals surface area contributed by atoms with Crippen molar-refractivity contribution in [3.8, 4) is 0 Å². The Kier molecular flexibility index (Phi) is 6.18. The summed E-state index contributed by atoms with van der Waals surface area (Å²) >= 11 is 0. The second-order valence-corrected chi connectivity index (χ2v) is 16.2. The van der Waals surface area contributed by atoms with Crippen molar-refractivity contribution in [1.82, 2.24) is 0 Å². The van der Waals surface area contributed by atoms with Gasteiger partial charge in [0, 0.05) is 17.3 Å². The van der Waals surface area contributed by atoms with Crippen molar-refractivity contribution in [3.05, 3.63) is 11.6 Å². The lowest BCUT2D eigenvalue weighted by Gasteiger charge is -2.67. The number of aliphatic hydroxyl groups excluding tert-OH is 1. The van der Waals surface area contributed by atoms with Crippen LogP contribution in [0.25, 0.3) is 0 Å². The first-order chi connectivity index (χ1) is 19.3. The number of carbonyl (C=O) groups is 3. The standard InChI is InChI=1S/C34H48O7/c1-17-8-14-34(29(37)26-24(36)25-27(40-25)28(41-26)30(38)39)15-9-19-18(20(34)16-17)6-7-22-32(19,4)12-10-21-31(2,3)23(35)11-13-33(21,22)5/h6,17,19-22,24-28,36H,7-16H2,1-5H3,(H,38,39). The van der Waals surface area contributed by atoms with Gasteiger partial charge in [0.05, 0.1) is 0 Å². The van der Waals surface area contributed by atoms with Gasteiger partial charge in [0.25, 0.3) is 0 Å². The molecule has 0 radical (unpaired) electrons. The Morgan fingerprint density at radius 2 is 1.61 bits per heavy atom. The Labute approximate surface area is 243 Å². The summed E-state index contributed by atoms with van der Waals surface area (Å²) in [5.74, 6) is 1.13. The van der Waals surface area contributed by atoms with E-state index in [4.69, 9.17) is 9.47 Å². The molecule has 0 amide bonds. The van der Waals surface area contributed by atoms with Crippen molar-refractivity contribution in [2.45, 2.75) is 129 Å². The topological polar surface area (TPSA) is 113 Å². The second-order valence-electron chi connectivity index (χ2n) is 16.2. The van der Waals surface area contributed by atoms with E-state index in [1.165, 1.54) is 5.57 Å². The minimum absolute atomic E-state index is 0.0992. The van der Waals surface area contributed by atoms with Gasteiger partial charge in [-0.3, -0.25) is 9.59 Å². The van der Waals surface area contributed by atoms with Gasteiger partial charge in [-0.15, -0.1) is 0 Å². The molecule has 2 aliphatic heterocycles. The van der Waals surface area contributed by atoms with Gasteiger partial charge in [0.1, 0.15) is 30.2 Å². The largest absolute Gasteiger partial charge is 0.479 e. The molecule has 4 saturated carbocycles. The predicted molar refractivity (Wildman–Crippen MR) is 151 cm³/mol. The smallest absolute Gasteiger partial charge is 0.335 e. The summed E-state index contributed by atoms with van der Waals surface area (Å²) in [4.78, 5) is 39.4. The van der Waals surface area contributed by atoms with Crippen LogP contribution in [0.4, 0.5) is 0 Å². The van der Waals surface area contributed by atoms with Crippen LogP contribution < -0.4 is 0 Å². The number of epoxide rings is 1. The minimum Gasteiger partial charge on any atom is -0.479 e. The maximum Gasteiger partial charge on any atom is 0.335 e. The lowest BCUT2D eigenvalue weighted by molar-refractivity contribution is -0.181. The highest BCUT2D eigenvalue weighted by Crippen LogP contribution is 2.71. The molecule has 2 N–H and O–H groups in total. The van der Waals surface area contributed by atoms with Gasteiger partial charge in [-0.2, -0.15) is 0 Å². The first-order valence-electron chi connectivity index (χ1n) is 16.2. The Balaban J connectivity index is 1.23. The quantitative estimate of drug-likeness (QED) is 0.359. The number of ether oxygens (including phenoxy) is 2. The van der Waals surface area contributed by atoms with Crippen LogP contribution >= 0.6 is 0 Å². The molecule has 5 aliphatic carbocycles. The fourth-order valence-electron chi connectivity index (χ4n) is 11.8. The van der Waals surface area contributed by atoms with Crippen LogP contribution in [-0.2, 0) is 23.9 Å². The van der Waals surface area contributed by atoms with Crippen molar-refractivity contribution >= 4 is 17.5 Å². The van der Waals surface area contributed by atoms with Crippen LogP contribution in [0.15, 0.2) is 11.6 Å². The first-order valence-corrected chi connectivity index (χ1v) is 16.2. The van der Waals surface area contributed by atoms with Crippen LogP contribution in [0.2, 0.25) is 0 Å². The van der Waals surface area contributed by atoms with Crippen molar-refractivity contribution in [1.29, 1.82) is 0 Å². The number of hydrogen-bond donors (Lipinski definition) is 2. The normalized spacial score (nSPS) is 53.4. The van der Waals surface area contributed by atoms with Gasteiger partial charge >= 0.3 is 5.97 Å². The molecule has 7 rings (SSSR count). The zero-order chi connectivity index (χ0) is 29.3. The Bertz CT molecular complexity index is 1210. The molecule has 7 nitrogen and oxygen atoms in total. The summed E-state index contributed by atoms with van der Waals surface area (Å²) in [7, 11) is 0. The molecule has 0 aromatic carbocycles. The van der Waals surface area contributed by atoms with E-state index in [2.05, 4.69) is 40.7 Å². The third-order valence-electron chi connectivity index (χ3n) is 14.1. The Morgan fingerprint density at radius 1 is 0.878 bits per heavy atom. The highest BCUT2D eigenvalue weighted by atomic mass is 16.7. The number of allylic oxidation sites excluding steroid dienone is 2. The van der Waals surface area contributed by atoms with Crippen LogP contribution in [0.3, 0.4) is 0 Å². The molecule has 0 bridgehead atoms. The predicted octanol–water partition coefficient (Wildman–Crippen LogP) is 5.13. The van der Waals surface area contributed by atoms with Crippen LogP contribution in [-0.4, -0.2) is 58.3 Å². The van der Waals surface area contributed by atoms with E-state index in [1.54, 1.807) is 0 Å². The molecule has 6 fully saturated rings. The number of carboxylic acids is 1. The molecule has 13 unspecified atom stereocenters. The van der Waals surface area contributed by atoms with E-state index in [-0.39, 0.29) is 27.9 Å². The van der Waals surface area contributed by atoms with Gasteiger partial charge in [-0.1, -0.05) is 46.3 Å². The van der Waals surface area contributed by atoms with E-state index in [0.29, 0.717) is 35.9 Å². The zero-order valence-electron chi connectivity index (χ0n) is 25.4. The molecule has 0 aromatic rings.